The van der Waals surface area contributed by atoms with Crippen molar-refractivity contribution in [2.45, 2.75) is 19.4 Å². The van der Waals surface area contributed by atoms with Crippen LogP contribution in [0.1, 0.15) is 23.0 Å². The lowest BCUT2D eigenvalue weighted by Gasteiger charge is -2.26. The summed E-state index contributed by atoms with van der Waals surface area (Å²) in [5.41, 5.74) is 0.854. The Balaban J connectivity index is 1.80. The van der Waals surface area contributed by atoms with Gasteiger partial charge in [0, 0.05) is 17.5 Å². The predicted molar refractivity (Wildman–Crippen MR) is 93.5 cm³/mol. The zero-order valence-corrected chi connectivity index (χ0v) is 14.9. The van der Waals surface area contributed by atoms with Crippen molar-refractivity contribution in [3.63, 3.8) is 0 Å². The molecule has 4 nitrogen and oxygen atoms in total. The van der Waals surface area contributed by atoms with Crippen molar-refractivity contribution in [2.75, 3.05) is 18.1 Å². The van der Waals surface area contributed by atoms with E-state index in [1.807, 2.05) is 13.0 Å². The molecule has 2 heterocycles. The van der Waals surface area contributed by atoms with Gasteiger partial charge < -0.3 is 4.90 Å². The van der Waals surface area contributed by atoms with Gasteiger partial charge in [0.2, 0.25) is 0 Å². The fraction of sp³-hybridized carbons (Fsp3) is 0.353. The van der Waals surface area contributed by atoms with Crippen LogP contribution in [0.2, 0.25) is 0 Å². The van der Waals surface area contributed by atoms with Crippen LogP contribution in [0.4, 0.5) is 4.39 Å². The first kappa shape index (κ1) is 17.1. The molecule has 128 valence electrons. The molecule has 1 aromatic carbocycles. The van der Waals surface area contributed by atoms with E-state index >= 15 is 0 Å². The van der Waals surface area contributed by atoms with Gasteiger partial charge in [-0.1, -0.05) is 12.1 Å². The van der Waals surface area contributed by atoms with Gasteiger partial charge in [0.05, 0.1) is 16.4 Å². The Labute approximate surface area is 144 Å². The average molecular weight is 367 g/mol. The van der Waals surface area contributed by atoms with Crippen molar-refractivity contribution in [3.05, 3.63) is 47.1 Å². The maximum atomic E-state index is 13.0. The van der Waals surface area contributed by atoms with Gasteiger partial charge in [-0.15, -0.1) is 11.3 Å². The standard InChI is InChI=1S/C17H18FNO3S2/c1-2-19(14-9-10-24(21,22)11-14)17(20)16-8-7-15(23-16)12-3-5-13(18)6-4-12/h3-8,14H,2,9-11H2,1H3/t14-/m0/s1. The average Bonchev–Trinajstić information content (AvgIpc) is 3.16. The summed E-state index contributed by atoms with van der Waals surface area (Å²) >= 11 is 1.34. The van der Waals surface area contributed by atoms with Gasteiger partial charge in [-0.2, -0.15) is 0 Å². The Morgan fingerprint density at radius 2 is 1.96 bits per heavy atom. The Bertz CT molecular complexity index is 843. The monoisotopic (exact) mass is 367 g/mol. The number of rotatable bonds is 4. The number of thiophene rings is 1. The second kappa shape index (κ2) is 6.64. The fourth-order valence-corrected chi connectivity index (χ4v) is 5.65. The number of hydrogen-bond donors (Lipinski definition) is 0. The summed E-state index contributed by atoms with van der Waals surface area (Å²) in [7, 11) is -3.03. The van der Waals surface area contributed by atoms with Crippen molar-refractivity contribution in [3.8, 4) is 10.4 Å². The van der Waals surface area contributed by atoms with Crippen molar-refractivity contribution >= 4 is 27.1 Å². The second-order valence-electron chi connectivity index (χ2n) is 5.82. The molecule has 7 heteroatoms. The first-order chi connectivity index (χ1) is 11.4. The molecule has 0 aliphatic carbocycles. The van der Waals surface area contributed by atoms with Gasteiger partial charge in [0.1, 0.15) is 5.82 Å². The third-order valence-corrected chi connectivity index (χ3v) is 7.07. The zero-order chi connectivity index (χ0) is 17.3. The predicted octanol–water partition coefficient (Wildman–Crippen LogP) is 3.20. The molecule has 2 aromatic rings. The zero-order valence-electron chi connectivity index (χ0n) is 13.2. The molecule has 1 aromatic heterocycles. The van der Waals surface area contributed by atoms with Crippen molar-refractivity contribution < 1.29 is 17.6 Å². The lowest BCUT2D eigenvalue weighted by atomic mass is 10.2. The van der Waals surface area contributed by atoms with Crippen LogP contribution < -0.4 is 0 Å². The highest BCUT2D eigenvalue weighted by Gasteiger charge is 2.34. The fourth-order valence-electron chi connectivity index (χ4n) is 2.95. The maximum absolute atomic E-state index is 13.0. The minimum atomic E-state index is -3.03. The number of halogens is 1. The SMILES string of the molecule is CCN(C(=O)c1ccc(-c2ccc(F)cc2)s1)[C@H]1CCS(=O)(=O)C1. The number of hydrogen-bond acceptors (Lipinski definition) is 4. The van der Waals surface area contributed by atoms with Crippen LogP contribution in [0.5, 0.6) is 0 Å². The molecule has 1 saturated heterocycles. The quantitative estimate of drug-likeness (QED) is 0.834. The molecule has 0 unspecified atom stereocenters. The van der Waals surface area contributed by atoms with E-state index in [2.05, 4.69) is 0 Å². The molecule has 1 aliphatic rings. The Morgan fingerprint density at radius 3 is 2.54 bits per heavy atom. The number of nitrogens with zero attached hydrogens (tertiary/aromatic N) is 1. The number of benzene rings is 1. The lowest BCUT2D eigenvalue weighted by Crippen LogP contribution is -2.40. The van der Waals surface area contributed by atoms with Crippen LogP contribution in [-0.4, -0.2) is 43.3 Å². The minimum Gasteiger partial charge on any atom is -0.334 e. The Hall–Kier alpha value is -1.73. The van der Waals surface area contributed by atoms with Gasteiger partial charge in [0.15, 0.2) is 9.84 Å². The molecule has 0 radical (unpaired) electrons. The van der Waals surface area contributed by atoms with Crippen molar-refractivity contribution in [2.24, 2.45) is 0 Å². The Morgan fingerprint density at radius 1 is 1.25 bits per heavy atom. The van der Waals surface area contributed by atoms with Gasteiger partial charge in [-0.25, -0.2) is 12.8 Å². The van der Waals surface area contributed by atoms with Crippen LogP contribution in [0.15, 0.2) is 36.4 Å². The number of amides is 1. The topological polar surface area (TPSA) is 54.5 Å². The normalized spacial score (nSPS) is 19.3. The summed E-state index contributed by atoms with van der Waals surface area (Å²) < 4.78 is 36.4. The molecule has 1 aliphatic heterocycles. The van der Waals surface area contributed by atoms with E-state index < -0.39 is 9.84 Å². The molecule has 0 N–H and O–H groups in total. The molecule has 0 bridgehead atoms. The molecule has 24 heavy (non-hydrogen) atoms. The van der Waals surface area contributed by atoms with E-state index in [0.29, 0.717) is 17.8 Å². The van der Waals surface area contributed by atoms with Gasteiger partial charge >= 0.3 is 0 Å². The summed E-state index contributed by atoms with van der Waals surface area (Å²) in [6.07, 6.45) is 0.498. The minimum absolute atomic E-state index is 0.0444. The lowest BCUT2D eigenvalue weighted by molar-refractivity contribution is 0.0713. The summed E-state index contributed by atoms with van der Waals surface area (Å²) in [5.74, 6) is -0.251. The first-order valence-corrected chi connectivity index (χ1v) is 10.4. The summed E-state index contributed by atoms with van der Waals surface area (Å²) in [4.78, 5) is 15.9. The summed E-state index contributed by atoms with van der Waals surface area (Å²) in [6, 6.07) is 9.47. The van der Waals surface area contributed by atoms with E-state index in [1.54, 1.807) is 23.1 Å². The van der Waals surface area contributed by atoms with Crippen molar-refractivity contribution in [1.29, 1.82) is 0 Å². The third kappa shape index (κ3) is 3.52. The molecule has 1 fully saturated rings. The number of carbonyl (C=O) groups excluding carboxylic acids is 1. The van der Waals surface area contributed by atoms with Crippen LogP contribution in [0.3, 0.4) is 0 Å². The van der Waals surface area contributed by atoms with E-state index in [1.165, 1.54) is 23.5 Å². The highest BCUT2D eigenvalue weighted by Crippen LogP contribution is 2.30. The molecular formula is C17H18FNO3S2. The van der Waals surface area contributed by atoms with Crippen LogP contribution in [-0.2, 0) is 9.84 Å². The van der Waals surface area contributed by atoms with Crippen LogP contribution >= 0.6 is 11.3 Å². The molecule has 3 rings (SSSR count). The van der Waals surface area contributed by atoms with E-state index in [9.17, 15) is 17.6 Å². The maximum Gasteiger partial charge on any atom is 0.264 e. The summed E-state index contributed by atoms with van der Waals surface area (Å²) in [5, 5.41) is 0. The number of sulfone groups is 1. The Kier molecular flexibility index (Phi) is 4.73. The molecular weight excluding hydrogens is 349 g/mol. The second-order valence-corrected chi connectivity index (χ2v) is 9.13. The third-order valence-electron chi connectivity index (χ3n) is 4.20. The highest BCUT2D eigenvalue weighted by atomic mass is 32.2. The van der Waals surface area contributed by atoms with E-state index in [0.717, 1.165) is 10.4 Å². The molecule has 0 saturated carbocycles. The molecule has 1 amide bonds. The first-order valence-electron chi connectivity index (χ1n) is 7.77. The van der Waals surface area contributed by atoms with Gasteiger partial charge in [0.25, 0.3) is 5.91 Å². The number of carbonyl (C=O) groups is 1. The van der Waals surface area contributed by atoms with Gasteiger partial charge in [-0.05, 0) is 43.2 Å². The van der Waals surface area contributed by atoms with E-state index in [-0.39, 0.29) is 29.3 Å². The van der Waals surface area contributed by atoms with Crippen LogP contribution in [0, 0.1) is 5.82 Å². The smallest absolute Gasteiger partial charge is 0.264 e. The summed E-state index contributed by atoms with van der Waals surface area (Å²) in [6.45, 7) is 2.33. The van der Waals surface area contributed by atoms with E-state index in [4.69, 9.17) is 0 Å². The largest absolute Gasteiger partial charge is 0.334 e. The van der Waals surface area contributed by atoms with Gasteiger partial charge in [-0.3, -0.25) is 4.79 Å². The molecule has 0 spiro atoms. The van der Waals surface area contributed by atoms with Crippen LogP contribution in [0.25, 0.3) is 10.4 Å². The highest BCUT2D eigenvalue weighted by molar-refractivity contribution is 7.91. The molecule has 1 atom stereocenters. The van der Waals surface area contributed by atoms with Crippen molar-refractivity contribution in [1.82, 2.24) is 4.90 Å².